The van der Waals surface area contributed by atoms with Crippen LogP contribution in [-0.4, -0.2) is 29.9 Å². The molecular formula is C9H16N2O. The van der Waals surface area contributed by atoms with Crippen LogP contribution in [0.1, 0.15) is 26.2 Å². The molecule has 0 aromatic heterocycles. The van der Waals surface area contributed by atoms with E-state index in [2.05, 4.69) is 0 Å². The van der Waals surface area contributed by atoms with E-state index in [1.165, 1.54) is 6.42 Å². The van der Waals surface area contributed by atoms with Gasteiger partial charge in [-0.15, -0.1) is 0 Å². The predicted octanol–water partition coefficient (Wildman–Crippen LogP) is 0.346. The Labute approximate surface area is 72.9 Å². The second-order valence-corrected chi connectivity index (χ2v) is 4.36. The Morgan fingerprint density at radius 1 is 1.58 bits per heavy atom. The molecule has 0 aromatic rings. The molecule has 1 aliphatic heterocycles. The van der Waals surface area contributed by atoms with Crippen molar-refractivity contribution in [2.45, 2.75) is 32.2 Å². The highest BCUT2D eigenvalue weighted by molar-refractivity contribution is 5.73. The highest BCUT2D eigenvalue weighted by Gasteiger charge is 2.47. The normalized spacial score (nSPS) is 40.2. The van der Waals surface area contributed by atoms with E-state index in [0.717, 1.165) is 25.9 Å². The van der Waals surface area contributed by atoms with Gasteiger partial charge in [0.25, 0.3) is 0 Å². The molecule has 1 heterocycles. The fourth-order valence-electron chi connectivity index (χ4n) is 2.59. The summed E-state index contributed by atoms with van der Waals surface area (Å²) >= 11 is 0. The van der Waals surface area contributed by atoms with E-state index >= 15 is 0 Å². The number of carbonyl (C=O) groups excluding carboxylic acids is 1. The Kier molecular flexibility index (Phi) is 1.65. The summed E-state index contributed by atoms with van der Waals surface area (Å²) < 4.78 is 0. The zero-order valence-electron chi connectivity index (χ0n) is 7.55. The Morgan fingerprint density at radius 2 is 2.25 bits per heavy atom. The van der Waals surface area contributed by atoms with Crippen molar-refractivity contribution >= 4 is 5.91 Å². The lowest BCUT2D eigenvalue weighted by Gasteiger charge is -2.43. The monoisotopic (exact) mass is 168 g/mol. The molecule has 2 rings (SSSR count). The number of amides is 1. The first-order valence-corrected chi connectivity index (χ1v) is 4.62. The van der Waals surface area contributed by atoms with Crippen LogP contribution in [0.4, 0.5) is 0 Å². The highest BCUT2D eigenvalue weighted by Crippen LogP contribution is 2.47. The van der Waals surface area contributed by atoms with Gasteiger partial charge in [-0.05, 0) is 24.7 Å². The number of nitrogens with zero attached hydrogens (tertiary/aromatic N) is 1. The topological polar surface area (TPSA) is 46.3 Å². The molecule has 1 amide bonds. The Bertz CT molecular complexity index is 209. The third-order valence-corrected chi connectivity index (χ3v) is 3.27. The van der Waals surface area contributed by atoms with Crippen LogP contribution >= 0.6 is 0 Å². The summed E-state index contributed by atoms with van der Waals surface area (Å²) in [6.45, 7) is 3.55. The summed E-state index contributed by atoms with van der Waals surface area (Å²) in [5.74, 6) is 0.215. The molecule has 68 valence electrons. The molecule has 1 saturated carbocycles. The van der Waals surface area contributed by atoms with Gasteiger partial charge in [0.05, 0.1) is 0 Å². The number of hydrogen-bond donors (Lipinski definition) is 1. The van der Waals surface area contributed by atoms with Gasteiger partial charge in [-0.1, -0.05) is 0 Å². The van der Waals surface area contributed by atoms with Crippen LogP contribution in [0.2, 0.25) is 0 Å². The molecule has 1 aliphatic carbocycles. The zero-order chi connectivity index (χ0) is 8.77. The molecule has 1 saturated heterocycles. The SMILES string of the molecule is CC(=O)N1CCC2(CC(N)C2)C1. The van der Waals surface area contributed by atoms with Crippen molar-refractivity contribution in [3.8, 4) is 0 Å². The second-order valence-electron chi connectivity index (χ2n) is 4.36. The fourth-order valence-corrected chi connectivity index (χ4v) is 2.59. The standard InChI is InChI=1S/C9H16N2O/c1-7(12)11-3-2-9(6-11)4-8(10)5-9/h8H,2-6,10H2,1H3. The van der Waals surface area contributed by atoms with Gasteiger partial charge in [-0.3, -0.25) is 4.79 Å². The molecule has 1 spiro atoms. The largest absolute Gasteiger partial charge is 0.342 e. The first-order valence-electron chi connectivity index (χ1n) is 4.62. The van der Waals surface area contributed by atoms with Gasteiger partial charge in [0.2, 0.25) is 5.91 Å². The lowest BCUT2D eigenvalue weighted by Crippen LogP contribution is -2.47. The van der Waals surface area contributed by atoms with Gasteiger partial charge in [-0.2, -0.15) is 0 Å². The van der Waals surface area contributed by atoms with Crippen molar-refractivity contribution < 1.29 is 4.79 Å². The van der Waals surface area contributed by atoms with Crippen LogP contribution in [0.3, 0.4) is 0 Å². The van der Waals surface area contributed by atoms with Crippen molar-refractivity contribution in [2.75, 3.05) is 13.1 Å². The molecule has 0 bridgehead atoms. The maximum atomic E-state index is 11.1. The van der Waals surface area contributed by atoms with Crippen molar-refractivity contribution in [2.24, 2.45) is 11.1 Å². The van der Waals surface area contributed by atoms with Crippen LogP contribution in [-0.2, 0) is 4.79 Å². The minimum Gasteiger partial charge on any atom is -0.342 e. The quantitative estimate of drug-likeness (QED) is 0.567. The maximum absolute atomic E-state index is 11.1. The number of likely N-dealkylation sites (tertiary alicyclic amines) is 1. The van der Waals surface area contributed by atoms with Crippen LogP contribution in [0.5, 0.6) is 0 Å². The van der Waals surface area contributed by atoms with E-state index < -0.39 is 0 Å². The molecule has 3 nitrogen and oxygen atoms in total. The van der Waals surface area contributed by atoms with E-state index in [4.69, 9.17) is 5.73 Å². The summed E-state index contributed by atoms with van der Waals surface area (Å²) in [5, 5.41) is 0. The van der Waals surface area contributed by atoms with E-state index in [1.54, 1.807) is 6.92 Å². The molecule has 0 radical (unpaired) electrons. The average Bonchev–Trinajstić information content (AvgIpc) is 2.31. The van der Waals surface area contributed by atoms with E-state index in [0.29, 0.717) is 11.5 Å². The first kappa shape index (κ1) is 8.05. The van der Waals surface area contributed by atoms with Gasteiger partial charge < -0.3 is 10.6 Å². The minimum absolute atomic E-state index is 0.215. The summed E-state index contributed by atoms with van der Waals surface area (Å²) in [4.78, 5) is 13.0. The average molecular weight is 168 g/mol. The molecule has 0 atom stereocenters. The summed E-state index contributed by atoms with van der Waals surface area (Å²) in [7, 11) is 0. The molecule has 3 heteroatoms. The summed E-state index contributed by atoms with van der Waals surface area (Å²) in [5.41, 5.74) is 6.17. The third-order valence-electron chi connectivity index (χ3n) is 3.27. The molecule has 12 heavy (non-hydrogen) atoms. The van der Waals surface area contributed by atoms with E-state index in [9.17, 15) is 4.79 Å². The summed E-state index contributed by atoms with van der Waals surface area (Å²) in [6.07, 6.45) is 3.41. The molecule has 2 N–H and O–H groups in total. The molecule has 0 unspecified atom stereocenters. The van der Waals surface area contributed by atoms with E-state index in [-0.39, 0.29) is 5.91 Å². The molecule has 0 aromatic carbocycles. The highest BCUT2D eigenvalue weighted by atomic mass is 16.2. The lowest BCUT2D eigenvalue weighted by atomic mass is 9.65. The molecule has 2 fully saturated rings. The van der Waals surface area contributed by atoms with Crippen LogP contribution in [0.25, 0.3) is 0 Å². The lowest BCUT2D eigenvalue weighted by molar-refractivity contribution is -0.128. The Morgan fingerprint density at radius 3 is 2.67 bits per heavy atom. The first-order chi connectivity index (χ1) is 5.61. The number of nitrogens with two attached hydrogens (primary N) is 1. The summed E-state index contributed by atoms with van der Waals surface area (Å²) in [6, 6.07) is 0.400. The Hall–Kier alpha value is -0.570. The fraction of sp³-hybridized carbons (Fsp3) is 0.889. The molecule has 2 aliphatic rings. The number of hydrogen-bond acceptors (Lipinski definition) is 2. The smallest absolute Gasteiger partial charge is 0.219 e. The van der Waals surface area contributed by atoms with Gasteiger partial charge in [0, 0.05) is 26.1 Å². The van der Waals surface area contributed by atoms with Crippen molar-refractivity contribution in [3.05, 3.63) is 0 Å². The van der Waals surface area contributed by atoms with Crippen molar-refractivity contribution in [1.82, 2.24) is 4.90 Å². The van der Waals surface area contributed by atoms with Gasteiger partial charge in [-0.25, -0.2) is 0 Å². The predicted molar refractivity (Wildman–Crippen MR) is 46.5 cm³/mol. The number of carbonyl (C=O) groups is 1. The minimum atomic E-state index is 0.215. The van der Waals surface area contributed by atoms with Gasteiger partial charge >= 0.3 is 0 Å². The molecular weight excluding hydrogens is 152 g/mol. The second kappa shape index (κ2) is 2.46. The van der Waals surface area contributed by atoms with Crippen molar-refractivity contribution in [1.29, 1.82) is 0 Å². The van der Waals surface area contributed by atoms with Crippen molar-refractivity contribution in [3.63, 3.8) is 0 Å². The Balaban J connectivity index is 1.95. The third kappa shape index (κ3) is 1.12. The van der Waals surface area contributed by atoms with Crippen LogP contribution < -0.4 is 5.73 Å². The van der Waals surface area contributed by atoms with Crippen LogP contribution in [0.15, 0.2) is 0 Å². The van der Waals surface area contributed by atoms with Gasteiger partial charge in [0.1, 0.15) is 0 Å². The van der Waals surface area contributed by atoms with Gasteiger partial charge in [0.15, 0.2) is 0 Å². The van der Waals surface area contributed by atoms with E-state index in [1.807, 2.05) is 4.90 Å². The number of rotatable bonds is 0. The zero-order valence-corrected chi connectivity index (χ0v) is 7.55. The maximum Gasteiger partial charge on any atom is 0.219 e. The van der Waals surface area contributed by atoms with Crippen LogP contribution in [0, 0.1) is 5.41 Å².